The first kappa shape index (κ1) is 17.5. The van der Waals surface area contributed by atoms with Crippen LogP contribution < -0.4 is 0 Å². The van der Waals surface area contributed by atoms with Gasteiger partial charge in [-0.05, 0) is 25.5 Å². The minimum absolute atomic E-state index is 0.154. The molecular formula is C13H17Cl2N3O3S. The van der Waals surface area contributed by atoms with E-state index in [4.69, 9.17) is 23.2 Å². The number of hydrogen-bond donors (Lipinski definition) is 0. The van der Waals surface area contributed by atoms with Crippen LogP contribution in [0.15, 0.2) is 6.07 Å². The molecule has 0 radical (unpaired) electrons. The van der Waals surface area contributed by atoms with Gasteiger partial charge in [0.2, 0.25) is 10.0 Å². The van der Waals surface area contributed by atoms with Crippen LogP contribution in [0.4, 0.5) is 0 Å². The Balaban J connectivity index is 2.23. The predicted molar refractivity (Wildman–Crippen MR) is 85.9 cm³/mol. The lowest BCUT2D eigenvalue weighted by Crippen LogP contribution is -2.55. The zero-order valence-corrected chi connectivity index (χ0v) is 14.8. The number of piperazine rings is 1. The fourth-order valence-corrected chi connectivity index (χ4v) is 4.12. The molecule has 0 unspecified atom stereocenters. The van der Waals surface area contributed by atoms with Crippen molar-refractivity contribution in [3.63, 3.8) is 0 Å². The van der Waals surface area contributed by atoms with Crippen molar-refractivity contribution >= 4 is 39.1 Å². The zero-order chi connectivity index (χ0) is 16.7. The molecule has 1 aliphatic rings. The van der Waals surface area contributed by atoms with Gasteiger partial charge in [-0.2, -0.15) is 4.31 Å². The maximum absolute atomic E-state index is 12.6. The highest BCUT2D eigenvalue weighted by molar-refractivity contribution is 7.88. The van der Waals surface area contributed by atoms with Gasteiger partial charge in [-0.15, -0.1) is 0 Å². The van der Waals surface area contributed by atoms with Gasteiger partial charge in [-0.25, -0.2) is 13.4 Å². The number of sulfonamides is 1. The molecule has 1 fully saturated rings. The molecule has 1 atom stereocenters. The molecule has 122 valence electrons. The summed E-state index contributed by atoms with van der Waals surface area (Å²) in [4.78, 5) is 18.1. The Hall–Kier alpha value is -0.890. The molecule has 1 aromatic rings. The number of halogens is 2. The van der Waals surface area contributed by atoms with Gasteiger partial charge in [0.1, 0.15) is 10.3 Å². The van der Waals surface area contributed by atoms with E-state index in [1.807, 2.05) is 0 Å². The van der Waals surface area contributed by atoms with Crippen LogP contribution in [-0.4, -0.2) is 60.4 Å². The third-order valence-electron chi connectivity index (χ3n) is 3.69. The Morgan fingerprint density at radius 3 is 2.55 bits per heavy atom. The molecule has 1 aliphatic heterocycles. The smallest absolute Gasteiger partial charge is 0.254 e. The minimum atomic E-state index is -3.27. The van der Waals surface area contributed by atoms with Crippen molar-refractivity contribution in [1.82, 2.24) is 14.2 Å². The SMILES string of the molecule is Cc1c(C(=O)N2CCN(S(C)(=O)=O)[C@H](C)C2)cc(Cl)nc1Cl. The van der Waals surface area contributed by atoms with Crippen LogP contribution >= 0.6 is 23.2 Å². The largest absolute Gasteiger partial charge is 0.336 e. The summed E-state index contributed by atoms with van der Waals surface area (Å²) in [6.07, 6.45) is 1.17. The molecule has 0 aromatic carbocycles. The Kier molecular flexibility index (Phi) is 5.01. The molecule has 6 nitrogen and oxygen atoms in total. The average molecular weight is 366 g/mol. The van der Waals surface area contributed by atoms with Crippen molar-refractivity contribution in [3.05, 3.63) is 27.5 Å². The van der Waals surface area contributed by atoms with E-state index in [0.717, 1.165) is 0 Å². The van der Waals surface area contributed by atoms with Gasteiger partial charge in [-0.3, -0.25) is 4.79 Å². The number of rotatable bonds is 2. The highest BCUT2D eigenvalue weighted by atomic mass is 35.5. The Labute approximate surface area is 140 Å². The second kappa shape index (κ2) is 6.31. The predicted octanol–water partition coefficient (Wildman–Crippen LogP) is 1.80. The first-order valence-electron chi connectivity index (χ1n) is 6.70. The monoisotopic (exact) mass is 365 g/mol. The van der Waals surface area contributed by atoms with Crippen LogP contribution in [0, 0.1) is 6.92 Å². The number of pyridine rings is 1. The summed E-state index contributed by atoms with van der Waals surface area (Å²) in [6, 6.07) is 1.21. The Morgan fingerprint density at radius 2 is 2.00 bits per heavy atom. The fourth-order valence-electron chi connectivity index (χ4n) is 2.56. The quantitative estimate of drug-likeness (QED) is 0.749. The molecule has 0 spiro atoms. The Bertz CT molecular complexity index is 709. The van der Waals surface area contributed by atoms with Crippen molar-refractivity contribution in [3.8, 4) is 0 Å². The van der Waals surface area contributed by atoms with Gasteiger partial charge >= 0.3 is 0 Å². The van der Waals surface area contributed by atoms with Gasteiger partial charge in [0.25, 0.3) is 5.91 Å². The van der Waals surface area contributed by atoms with E-state index in [-0.39, 0.29) is 28.8 Å². The van der Waals surface area contributed by atoms with Gasteiger partial charge in [0.05, 0.1) is 6.26 Å². The van der Waals surface area contributed by atoms with Crippen LogP contribution in [0.3, 0.4) is 0 Å². The van der Waals surface area contributed by atoms with E-state index in [1.165, 1.54) is 16.6 Å². The van der Waals surface area contributed by atoms with Gasteiger partial charge in [0.15, 0.2) is 0 Å². The lowest BCUT2D eigenvalue weighted by molar-refractivity contribution is 0.0642. The molecule has 9 heteroatoms. The fraction of sp³-hybridized carbons (Fsp3) is 0.538. The summed E-state index contributed by atoms with van der Waals surface area (Å²) in [7, 11) is -3.27. The van der Waals surface area contributed by atoms with Crippen molar-refractivity contribution in [2.45, 2.75) is 19.9 Å². The molecule has 1 saturated heterocycles. The third kappa shape index (κ3) is 3.53. The molecule has 1 amide bonds. The van der Waals surface area contributed by atoms with E-state index < -0.39 is 10.0 Å². The standard InChI is InChI=1S/C13H17Cl2N3O3S/c1-8-7-17(4-5-18(8)22(3,20)21)13(19)10-6-11(14)16-12(15)9(10)2/h6,8H,4-5,7H2,1-3H3/t8-/m1/s1. The van der Waals surface area contributed by atoms with Gasteiger partial charge in [0, 0.05) is 31.2 Å². The summed E-state index contributed by atoms with van der Waals surface area (Å²) in [6.45, 7) is 4.41. The van der Waals surface area contributed by atoms with E-state index in [1.54, 1.807) is 18.7 Å². The van der Waals surface area contributed by atoms with Crippen molar-refractivity contribution < 1.29 is 13.2 Å². The normalized spacial score (nSPS) is 20.2. The lowest BCUT2D eigenvalue weighted by Gasteiger charge is -2.38. The summed E-state index contributed by atoms with van der Waals surface area (Å²) < 4.78 is 24.7. The number of nitrogens with zero attached hydrogens (tertiary/aromatic N) is 3. The third-order valence-corrected chi connectivity index (χ3v) is 5.65. The maximum Gasteiger partial charge on any atom is 0.254 e. The number of carbonyl (C=O) groups excluding carboxylic acids is 1. The summed E-state index contributed by atoms with van der Waals surface area (Å²) in [5.41, 5.74) is 0.958. The highest BCUT2D eigenvalue weighted by Crippen LogP contribution is 2.23. The molecule has 2 heterocycles. The van der Waals surface area contributed by atoms with E-state index in [9.17, 15) is 13.2 Å². The summed E-state index contributed by atoms with van der Waals surface area (Å²) >= 11 is 11.8. The molecule has 0 bridgehead atoms. The lowest BCUT2D eigenvalue weighted by atomic mass is 10.1. The van der Waals surface area contributed by atoms with Crippen LogP contribution in [0.5, 0.6) is 0 Å². The topological polar surface area (TPSA) is 70.6 Å². The van der Waals surface area contributed by atoms with Gasteiger partial charge in [-0.1, -0.05) is 23.2 Å². The average Bonchev–Trinajstić information content (AvgIpc) is 2.40. The van der Waals surface area contributed by atoms with Crippen LogP contribution in [0.1, 0.15) is 22.8 Å². The first-order chi connectivity index (χ1) is 10.1. The van der Waals surface area contributed by atoms with Gasteiger partial charge < -0.3 is 4.90 Å². The maximum atomic E-state index is 12.6. The van der Waals surface area contributed by atoms with Crippen LogP contribution in [0.25, 0.3) is 0 Å². The molecule has 2 rings (SSSR count). The van der Waals surface area contributed by atoms with E-state index in [0.29, 0.717) is 24.2 Å². The number of amides is 1. The first-order valence-corrected chi connectivity index (χ1v) is 9.30. The molecule has 1 aromatic heterocycles. The molecular weight excluding hydrogens is 349 g/mol. The molecule has 22 heavy (non-hydrogen) atoms. The Morgan fingerprint density at radius 1 is 1.36 bits per heavy atom. The van der Waals surface area contributed by atoms with Crippen molar-refractivity contribution in [1.29, 1.82) is 0 Å². The highest BCUT2D eigenvalue weighted by Gasteiger charge is 2.32. The van der Waals surface area contributed by atoms with E-state index >= 15 is 0 Å². The molecule has 0 N–H and O–H groups in total. The number of aromatic nitrogens is 1. The van der Waals surface area contributed by atoms with E-state index in [2.05, 4.69) is 4.98 Å². The van der Waals surface area contributed by atoms with Crippen molar-refractivity contribution in [2.24, 2.45) is 0 Å². The second-order valence-corrected chi connectivity index (χ2v) is 8.06. The second-order valence-electron chi connectivity index (χ2n) is 5.38. The summed E-state index contributed by atoms with van der Waals surface area (Å²) in [5.74, 6) is -0.219. The van der Waals surface area contributed by atoms with Crippen molar-refractivity contribution in [2.75, 3.05) is 25.9 Å². The minimum Gasteiger partial charge on any atom is -0.336 e. The number of hydrogen-bond acceptors (Lipinski definition) is 4. The molecule has 0 aliphatic carbocycles. The van der Waals surface area contributed by atoms with Crippen LogP contribution in [-0.2, 0) is 10.0 Å². The van der Waals surface area contributed by atoms with Crippen LogP contribution in [0.2, 0.25) is 10.3 Å². The zero-order valence-electron chi connectivity index (χ0n) is 12.5. The molecule has 0 saturated carbocycles. The number of carbonyl (C=O) groups is 1. The summed E-state index contributed by atoms with van der Waals surface area (Å²) in [5, 5.41) is 0.348.